The quantitative estimate of drug-likeness (QED) is 0.354. The van der Waals surface area contributed by atoms with Gasteiger partial charge in [0.1, 0.15) is 0 Å². The molecule has 0 saturated carbocycles. The van der Waals surface area contributed by atoms with Crippen molar-refractivity contribution in [1.82, 2.24) is 5.32 Å². The molecule has 1 amide bonds. The van der Waals surface area contributed by atoms with E-state index in [0.717, 1.165) is 6.42 Å². The van der Waals surface area contributed by atoms with E-state index in [4.69, 9.17) is 10.5 Å². The summed E-state index contributed by atoms with van der Waals surface area (Å²) < 4.78 is 5.57. The summed E-state index contributed by atoms with van der Waals surface area (Å²) in [7, 11) is 0. The fraction of sp³-hybridized carbons (Fsp3) is 0.786. The van der Waals surface area contributed by atoms with Crippen molar-refractivity contribution in [2.24, 2.45) is 5.73 Å². The number of unbranched alkanes of at least 4 members (excludes halogenated alkanes) is 2. The molecule has 1 rings (SSSR count). The number of epoxide rings is 1. The standard InChI is InChI=1S/C14H26N2O2/c1-2-3-4-7-12-13(18-12)8-5-6-9-14(17)16-11-10-15/h5-6,12-13H,2-4,7-11,15H2,1H3,(H,16,17). The van der Waals surface area contributed by atoms with E-state index < -0.39 is 0 Å². The molecule has 3 N–H and O–H groups in total. The molecule has 0 radical (unpaired) electrons. The van der Waals surface area contributed by atoms with Crippen molar-refractivity contribution in [3.63, 3.8) is 0 Å². The van der Waals surface area contributed by atoms with Gasteiger partial charge in [-0.1, -0.05) is 38.3 Å². The van der Waals surface area contributed by atoms with E-state index >= 15 is 0 Å². The molecule has 1 fully saturated rings. The zero-order valence-electron chi connectivity index (χ0n) is 11.4. The number of rotatable bonds is 10. The lowest BCUT2D eigenvalue weighted by atomic mass is 10.1. The lowest BCUT2D eigenvalue weighted by Crippen LogP contribution is -2.28. The first-order valence-electron chi connectivity index (χ1n) is 7.05. The van der Waals surface area contributed by atoms with Gasteiger partial charge in [-0.3, -0.25) is 4.79 Å². The third kappa shape index (κ3) is 6.77. The summed E-state index contributed by atoms with van der Waals surface area (Å²) in [6.45, 7) is 3.26. The third-order valence-corrected chi connectivity index (χ3v) is 3.08. The van der Waals surface area contributed by atoms with Crippen LogP contribution in [0.1, 0.15) is 45.4 Å². The lowest BCUT2D eigenvalue weighted by molar-refractivity contribution is -0.120. The number of amides is 1. The van der Waals surface area contributed by atoms with Crippen LogP contribution in [0.25, 0.3) is 0 Å². The molecule has 104 valence electrons. The maximum Gasteiger partial charge on any atom is 0.223 e. The Labute approximate surface area is 110 Å². The molecule has 1 saturated heterocycles. The Morgan fingerprint density at radius 3 is 2.89 bits per heavy atom. The number of carbonyl (C=O) groups excluding carboxylic acids is 1. The van der Waals surface area contributed by atoms with Crippen molar-refractivity contribution in [2.75, 3.05) is 13.1 Å². The van der Waals surface area contributed by atoms with Crippen molar-refractivity contribution in [1.29, 1.82) is 0 Å². The SMILES string of the molecule is CCCCCC1OC1CC=CCC(=O)NCCN. The smallest absolute Gasteiger partial charge is 0.223 e. The fourth-order valence-electron chi connectivity index (χ4n) is 1.94. The minimum Gasteiger partial charge on any atom is -0.369 e. The van der Waals surface area contributed by atoms with Gasteiger partial charge >= 0.3 is 0 Å². The van der Waals surface area contributed by atoms with Crippen molar-refractivity contribution in [2.45, 2.75) is 57.7 Å². The summed E-state index contributed by atoms with van der Waals surface area (Å²) in [6.07, 6.45) is 11.2. The van der Waals surface area contributed by atoms with Gasteiger partial charge < -0.3 is 15.8 Å². The van der Waals surface area contributed by atoms with Crippen LogP contribution in [0.5, 0.6) is 0 Å². The van der Waals surface area contributed by atoms with E-state index in [9.17, 15) is 4.79 Å². The van der Waals surface area contributed by atoms with Gasteiger partial charge in [0.15, 0.2) is 0 Å². The molecular formula is C14H26N2O2. The minimum atomic E-state index is 0.0351. The first kappa shape index (κ1) is 15.2. The minimum absolute atomic E-state index is 0.0351. The van der Waals surface area contributed by atoms with Crippen LogP contribution in [0.3, 0.4) is 0 Å². The summed E-state index contributed by atoms with van der Waals surface area (Å²) in [6, 6.07) is 0. The Kier molecular flexibility index (Phi) is 7.69. The Hall–Kier alpha value is -0.870. The monoisotopic (exact) mass is 254 g/mol. The Morgan fingerprint density at radius 2 is 2.17 bits per heavy atom. The molecule has 1 aliphatic rings. The number of nitrogens with two attached hydrogens (primary N) is 1. The highest BCUT2D eigenvalue weighted by Crippen LogP contribution is 2.30. The summed E-state index contributed by atoms with van der Waals surface area (Å²) in [5.74, 6) is 0.0351. The van der Waals surface area contributed by atoms with E-state index in [2.05, 4.69) is 12.2 Å². The number of ether oxygens (including phenoxy) is 1. The lowest BCUT2D eigenvalue weighted by Gasteiger charge is -1.99. The first-order valence-corrected chi connectivity index (χ1v) is 7.05. The molecule has 0 aromatic carbocycles. The van der Waals surface area contributed by atoms with Crippen LogP contribution in [0.15, 0.2) is 12.2 Å². The predicted molar refractivity (Wildman–Crippen MR) is 73.2 cm³/mol. The van der Waals surface area contributed by atoms with Crippen LogP contribution in [0.2, 0.25) is 0 Å². The van der Waals surface area contributed by atoms with Crippen LogP contribution in [-0.4, -0.2) is 31.2 Å². The van der Waals surface area contributed by atoms with Gasteiger partial charge in [-0.25, -0.2) is 0 Å². The van der Waals surface area contributed by atoms with Crippen molar-refractivity contribution >= 4 is 5.91 Å². The van der Waals surface area contributed by atoms with Gasteiger partial charge in [-0.15, -0.1) is 0 Å². The number of carbonyl (C=O) groups is 1. The maximum atomic E-state index is 11.3. The van der Waals surface area contributed by atoms with Crippen molar-refractivity contribution < 1.29 is 9.53 Å². The van der Waals surface area contributed by atoms with Gasteiger partial charge in [0.2, 0.25) is 5.91 Å². The van der Waals surface area contributed by atoms with Gasteiger partial charge in [0.05, 0.1) is 12.2 Å². The van der Waals surface area contributed by atoms with Crippen LogP contribution in [-0.2, 0) is 9.53 Å². The van der Waals surface area contributed by atoms with Gasteiger partial charge in [0, 0.05) is 19.5 Å². The molecule has 1 aliphatic heterocycles. The second-order valence-electron chi connectivity index (χ2n) is 4.76. The Bertz CT molecular complexity index is 267. The number of nitrogens with one attached hydrogen (secondary N) is 1. The summed E-state index contributed by atoms with van der Waals surface area (Å²) >= 11 is 0. The predicted octanol–water partition coefficient (Wildman–Crippen LogP) is 1.75. The second-order valence-corrected chi connectivity index (χ2v) is 4.76. The normalized spacial score (nSPS) is 22.3. The third-order valence-electron chi connectivity index (χ3n) is 3.08. The highest BCUT2D eigenvalue weighted by molar-refractivity contribution is 5.77. The molecule has 0 aliphatic carbocycles. The number of hydrogen-bond acceptors (Lipinski definition) is 3. The molecule has 2 unspecified atom stereocenters. The molecule has 0 aromatic rings. The summed E-state index contributed by atoms with van der Waals surface area (Å²) in [5.41, 5.74) is 5.30. The first-order chi connectivity index (χ1) is 8.77. The molecule has 1 heterocycles. The summed E-state index contributed by atoms with van der Waals surface area (Å²) in [5, 5.41) is 2.73. The molecule has 4 heteroatoms. The zero-order chi connectivity index (χ0) is 13.2. The van der Waals surface area contributed by atoms with Crippen LogP contribution >= 0.6 is 0 Å². The van der Waals surface area contributed by atoms with Gasteiger partial charge in [-0.05, 0) is 12.8 Å². The molecule has 4 nitrogen and oxygen atoms in total. The van der Waals surface area contributed by atoms with Gasteiger partial charge in [0.25, 0.3) is 0 Å². The average molecular weight is 254 g/mol. The van der Waals surface area contributed by atoms with E-state index in [1.807, 2.05) is 12.2 Å². The van der Waals surface area contributed by atoms with Crippen molar-refractivity contribution in [3.8, 4) is 0 Å². The average Bonchev–Trinajstić information content (AvgIpc) is 3.11. The number of hydrogen-bond donors (Lipinski definition) is 2. The van der Waals surface area contributed by atoms with Crippen LogP contribution < -0.4 is 11.1 Å². The van der Waals surface area contributed by atoms with E-state index in [1.54, 1.807) is 0 Å². The van der Waals surface area contributed by atoms with Gasteiger partial charge in [-0.2, -0.15) is 0 Å². The molecule has 18 heavy (non-hydrogen) atoms. The fourth-order valence-corrected chi connectivity index (χ4v) is 1.94. The highest BCUT2D eigenvalue weighted by Gasteiger charge is 2.36. The molecular weight excluding hydrogens is 228 g/mol. The molecule has 2 atom stereocenters. The maximum absolute atomic E-state index is 11.3. The Balaban J connectivity index is 1.96. The molecule has 0 bridgehead atoms. The van der Waals surface area contributed by atoms with Crippen LogP contribution in [0.4, 0.5) is 0 Å². The molecule has 0 spiro atoms. The van der Waals surface area contributed by atoms with E-state index in [-0.39, 0.29) is 5.91 Å². The van der Waals surface area contributed by atoms with E-state index in [1.165, 1.54) is 25.7 Å². The topological polar surface area (TPSA) is 67.7 Å². The Morgan fingerprint density at radius 1 is 1.33 bits per heavy atom. The van der Waals surface area contributed by atoms with Crippen molar-refractivity contribution in [3.05, 3.63) is 12.2 Å². The second kappa shape index (κ2) is 9.11. The largest absolute Gasteiger partial charge is 0.369 e. The zero-order valence-corrected chi connectivity index (χ0v) is 11.4. The van der Waals surface area contributed by atoms with Crippen LogP contribution in [0, 0.1) is 0 Å². The summed E-state index contributed by atoms with van der Waals surface area (Å²) in [4.78, 5) is 11.3. The van der Waals surface area contributed by atoms with E-state index in [0.29, 0.717) is 31.7 Å². The molecule has 0 aromatic heterocycles. The highest BCUT2D eigenvalue weighted by atomic mass is 16.6.